The average Bonchev–Trinajstić information content (AvgIpc) is 2.39. The Morgan fingerprint density at radius 3 is 2.31 bits per heavy atom. The summed E-state index contributed by atoms with van der Waals surface area (Å²) in [6.07, 6.45) is 1.30. The molecule has 0 aromatic rings. The first-order chi connectivity index (χ1) is 11.8. The predicted molar refractivity (Wildman–Crippen MR) is 108 cm³/mol. The fourth-order valence-corrected chi connectivity index (χ4v) is 3.34. The van der Waals surface area contributed by atoms with Gasteiger partial charge in [0.05, 0.1) is 11.3 Å². The van der Waals surface area contributed by atoms with Crippen LogP contribution in [0.1, 0.15) is 67.7 Å². The number of aliphatic imine (C=N–C) groups is 1. The van der Waals surface area contributed by atoms with Crippen molar-refractivity contribution in [3.05, 3.63) is 11.3 Å². The number of carbonyl (C=O) groups excluding carboxylic acids is 2. The second-order valence-corrected chi connectivity index (χ2v) is 9.79. The van der Waals surface area contributed by atoms with Gasteiger partial charge in [-0.15, -0.1) is 0 Å². The number of halogens is 1. The molecule has 0 radical (unpaired) electrons. The third-order valence-corrected chi connectivity index (χ3v) is 4.49. The molecule has 0 amide bonds. The van der Waals surface area contributed by atoms with E-state index >= 15 is 0 Å². The highest BCUT2D eigenvalue weighted by Crippen LogP contribution is 2.37. The Morgan fingerprint density at radius 1 is 1.31 bits per heavy atom. The molecule has 1 N–H and O–H groups in total. The maximum atomic E-state index is 12.7. The van der Waals surface area contributed by atoms with E-state index in [0.717, 1.165) is 0 Å². The Kier molecular flexibility index (Phi) is 7.63. The summed E-state index contributed by atoms with van der Waals surface area (Å²) in [5.41, 5.74) is -0.105. The van der Waals surface area contributed by atoms with E-state index in [4.69, 9.17) is 4.74 Å². The molecular formula is C20H32BrNO4. The predicted octanol–water partition coefficient (Wildman–Crippen LogP) is 4.78. The number of ether oxygens (including phenoxy) is 1. The first-order valence-corrected chi connectivity index (χ1v) is 10.2. The molecule has 0 unspecified atom stereocenters. The number of esters is 1. The number of hydrogen-bond donors (Lipinski definition) is 1. The summed E-state index contributed by atoms with van der Waals surface area (Å²) in [6.45, 7) is 13.3. The Labute approximate surface area is 165 Å². The molecule has 1 atom stereocenters. The van der Waals surface area contributed by atoms with Gasteiger partial charge < -0.3 is 9.84 Å². The first kappa shape index (κ1) is 22.9. The van der Waals surface area contributed by atoms with Crippen molar-refractivity contribution in [3.8, 4) is 0 Å². The van der Waals surface area contributed by atoms with Gasteiger partial charge in [0.2, 0.25) is 0 Å². The van der Waals surface area contributed by atoms with Crippen LogP contribution in [0.4, 0.5) is 0 Å². The fourth-order valence-electron chi connectivity index (χ4n) is 2.93. The Bertz CT molecular complexity index is 612. The number of nitrogens with zero attached hydrogens (tertiary/aromatic N) is 1. The van der Waals surface area contributed by atoms with Crippen LogP contribution in [-0.2, 0) is 14.3 Å². The Balaban J connectivity index is 3.29. The lowest BCUT2D eigenvalue weighted by Gasteiger charge is -2.30. The van der Waals surface area contributed by atoms with Gasteiger partial charge in [-0.2, -0.15) is 0 Å². The molecule has 0 aliphatic heterocycles. The quantitative estimate of drug-likeness (QED) is 0.374. The van der Waals surface area contributed by atoms with Crippen molar-refractivity contribution in [1.82, 2.24) is 0 Å². The van der Waals surface area contributed by atoms with E-state index in [0.29, 0.717) is 25.0 Å². The van der Waals surface area contributed by atoms with Crippen molar-refractivity contribution in [1.29, 1.82) is 0 Å². The SMILES string of the molecule is CC(C)CC(=N[C@@H](CBr)C(=O)OC(C)(C)C)C1=C(O)CC(C)(C)CC1=O. The van der Waals surface area contributed by atoms with Gasteiger partial charge in [0, 0.05) is 18.2 Å². The molecule has 0 aromatic heterocycles. The lowest BCUT2D eigenvalue weighted by molar-refractivity contribution is -0.155. The van der Waals surface area contributed by atoms with Crippen LogP contribution < -0.4 is 0 Å². The summed E-state index contributed by atoms with van der Waals surface area (Å²) in [6, 6.07) is -0.758. The summed E-state index contributed by atoms with van der Waals surface area (Å²) in [4.78, 5) is 29.7. The second-order valence-electron chi connectivity index (χ2n) is 9.14. The van der Waals surface area contributed by atoms with Crippen LogP contribution in [0.25, 0.3) is 0 Å². The summed E-state index contributed by atoms with van der Waals surface area (Å²) >= 11 is 3.32. The van der Waals surface area contributed by atoms with Crippen molar-refractivity contribution in [2.24, 2.45) is 16.3 Å². The van der Waals surface area contributed by atoms with E-state index in [1.165, 1.54) is 0 Å². The second kappa shape index (κ2) is 8.68. The number of alkyl halides is 1. The third-order valence-electron chi connectivity index (χ3n) is 3.88. The summed E-state index contributed by atoms with van der Waals surface area (Å²) in [5, 5.41) is 10.8. The van der Waals surface area contributed by atoms with Gasteiger partial charge >= 0.3 is 5.97 Å². The van der Waals surface area contributed by atoms with Crippen LogP contribution in [0, 0.1) is 11.3 Å². The molecule has 1 rings (SSSR count). The number of aliphatic hydroxyl groups excluding tert-OH is 1. The van der Waals surface area contributed by atoms with Crippen LogP contribution in [0.2, 0.25) is 0 Å². The molecule has 0 bridgehead atoms. The van der Waals surface area contributed by atoms with E-state index in [1.54, 1.807) is 20.8 Å². The first-order valence-electron chi connectivity index (χ1n) is 9.07. The molecule has 0 saturated heterocycles. The molecule has 148 valence electrons. The molecule has 1 aliphatic carbocycles. The smallest absolute Gasteiger partial charge is 0.332 e. The molecular weight excluding hydrogens is 398 g/mol. The summed E-state index contributed by atoms with van der Waals surface area (Å²) in [7, 11) is 0. The van der Waals surface area contributed by atoms with Gasteiger partial charge in [-0.3, -0.25) is 9.79 Å². The van der Waals surface area contributed by atoms with Crippen LogP contribution in [0.3, 0.4) is 0 Å². The molecule has 6 heteroatoms. The van der Waals surface area contributed by atoms with Crippen molar-refractivity contribution in [2.75, 3.05) is 5.33 Å². The molecule has 26 heavy (non-hydrogen) atoms. The highest BCUT2D eigenvalue weighted by molar-refractivity contribution is 9.09. The zero-order chi connectivity index (χ0) is 20.3. The van der Waals surface area contributed by atoms with Crippen LogP contribution in [-0.4, -0.2) is 39.5 Å². The van der Waals surface area contributed by atoms with E-state index in [1.807, 2.05) is 27.7 Å². The van der Waals surface area contributed by atoms with Crippen LogP contribution in [0.5, 0.6) is 0 Å². The van der Waals surface area contributed by atoms with Gasteiger partial charge in [-0.05, 0) is 38.5 Å². The lowest BCUT2D eigenvalue weighted by atomic mass is 9.75. The molecule has 0 spiro atoms. The average molecular weight is 430 g/mol. The van der Waals surface area contributed by atoms with E-state index in [-0.39, 0.29) is 33.8 Å². The minimum Gasteiger partial charge on any atom is -0.511 e. The van der Waals surface area contributed by atoms with Gasteiger partial charge in [0.1, 0.15) is 11.4 Å². The number of aliphatic hydroxyl groups is 1. The highest BCUT2D eigenvalue weighted by Gasteiger charge is 2.36. The van der Waals surface area contributed by atoms with Crippen LogP contribution >= 0.6 is 15.9 Å². The monoisotopic (exact) mass is 429 g/mol. The van der Waals surface area contributed by atoms with Gasteiger partial charge in [-0.1, -0.05) is 43.6 Å². The maximum absolute atomic E-state index is 12.7. The molecule has 0 aromatic carbocycles. The Hall–Kier alpha value is -1.17. The van der Waals surface area contributed by atoms with Crippen molar-refractivity contribution < 1.29 is 19.4 Å². The minimum atomic E-state index is -0.758. The molecule has 0 heterocycles. The van der Waals surface area contributed by atoms with Gasteiger partial charge in [0.25, 0.3) is 0 Å². The molecule has 1 aliphatic rings. The maximum Gasteiger partial charge on any atom is 0.332 e. The highest BCUT2D eigenvalue weighted by atomic mass is 79.9. The van der Waals surface area contributed by atoms with Gasteiger partial charge in [0.15, 0.2) is 11.8 Å². The summed E-state index contributed by atoms with van der Waals surface area (Å²) in [5.74, 6) is -0.260. The normalized spacial score (nSPS) is 19.7. The fraction of sp³-hybridized carbons (Fsp3) is 0.750. The molecule has 0 fully saturated rings. The number of rotatable bonds is 6. The molecule has 0 saturated carbocycles. The minimum absolute atomic E-state index is 0.0724. The number of allylic oxidation sites excluding steroid dienone is 2. The standard InChI is InChI=1S/C20H32BrNO4/c1-12(2)8-13(17-15(23)9-20(6,7)10-16(17)24)22-14(11-21)18(25)26-19(3,4)5/h12,14,23H,8-11H2,1-7H3/t14-/m0/s1. The zero-order valence-electron chi connectivity index (χ0n) is 17.0. The van der Waals surface area contributed by atoms with Crippen LogP contribution in [0.15, 0.2) is 16.3 Å². The van der Waals surface area contributed by atoms with Crippen molar-refractivity contribution >= 4 is 33.4 Å². The number of carbonyl (C=O) groups is 2. The van der Waals surface area contributed by atoms with Gasteiger partial charge in [-0.25, -0.2) is 4.79 Å². The molecule has 5 nitrogen and oxygen atoms in total. The topological polar surface area (TPSA) is 76.0 Å². The summed E-state index contributed by atoms with van der Waals surface area (Å²) < 4.78 is 5.43. The number of Topliss-reactive ketones (excluding diaryl/α,β-unsaturated/α-hetero) is 1. The lowest BCUT2D eigenvalue weighted by Crippen LogP contribution is -2.34. The zero-order valence-corrected chi connectivity index (χ0v) is 18.6. The van der Waals surface area contributed by atoms with Crippen molar-refractivity contribution in [2.45, 2.75) is 79.4 Å². The van der Waals surface area contributed by atoms with Crippen molar-refractivity contribution in [3.63, 3.8) is 0 Å². The third kappa shape index (κ3) is 6.86. The van der Waals surface area contributed by atoms with E-state index < -0.39 is 17.6 Å². The largest absolute Gasteiger partial charge is 0.511 e. The Morgan fingerprint density at radius 2 is 1.88 bits per heavy atom. The van der Waals surface area contributed by atoms with E-state index in [2.05, 4.69) is 20.9 Å². The van der Waals surface area contributed by atoms with E-state index in [9.17, 15) is 14.7 Å². The number of ketones is 1. The number of hydrogen-bond acceptors (Lipinski definition) is 5.